The van der Waals surface area contributed by atoms with E-state index in [2.05, 4.69) is 10.6 Å². The quantitative estimate of drug-likeness (QED) is 0.666. The minimum atomic E-state index is -0.255. The topological polar surface area (TPSA) is 95.1 Å². The Hall–Kier alpha value is -3.94. The Morgan fingerprint density at radius 1 is 0.839 bits per heavy atom. The van der Waals surface area contributed by atoms with Crippen molar-refractivity contribution in [1.82, 2.24) is 10.6 Å². The minimum Gasteiger partial charge on any atom is -0.454 e. The summed E-state index contributed by atoms with van der Waals surface area (Å²) in [4.78, 5) is 24.1. The Morgan fingerprint density at radius 2 is 1.35 bits per heavy atom. The normalized spacial score (nSPS) is 14.7. The predicted molar refractivity (Wildman–Crippen MR) is 114 cm³/mol. The fourth-order valence-corrected chi connectivity index (χ4v) is 3.03. The second-order valence-corrected chi connectivity index (χ2v) is 7.05. The lowest BCUT2D eigenvalue weighted by atomic mass is 10.2. The summed E-state index contributed by atoms with van der Waals surface area (Å²) >= 11 is 0. The molecule has 0 radical (unpaired) electrons. The molecule has 2 aliphatic rings. The van der Waals surface area contributed by atoms with Gasteiger partial charge >= 0.3 is 0 Å². The van der Waals surface area contributed by atoms with E-state index in [4.69, 9.17) is 18.9 Å². The summed E-state index contributed by atoms with van der Waals surface area (Å²) in [5.41, 5.74) is 1.66. The first-order valence-electron chi connectivity index (χ1n) is 9.80. The highest BCUT2D eigenvalue weighted by Crippen LogP contribution is 2.33. The first-order chi connectivity index (χ1) is 15.1. The molecule has 0 spiro atoms. The predicted octanol–water partition coefficient (Wildman–Crippen LogP) is 2.49. The van der Waals surface area contributed by atoms with Gasteiger partial charge in [-0.05, 0) is 54.5 Å². The lowest BCUT2D eigenvalue weighted by Gasteiger charge is -2.12. The van der Waals surface area contributed by atoms with E-state index in [-0.39, 0.29) is 31.4 Å². The molecule has 1 atom stereocenters. The Labute approximate surface area is 179 Å². The van der Waals surface area contributed by atoms with Crippen LogP contribution in [0.1, 0.15) is 18.1 Å². The highest BCUT2D eigenvalue weighted by Gasteiger charge is 2.13. The van der Waals surface area contributed by atoms with Crippen LogP contribution in [0.25, 0.3) is 12.2 Å². The van der Waals surface area contributed by atoms with E-state index in [0.717, 1.165) is 11.1 Å². The van der Waals surface area contributed by atoms with Crippen LogP contribution in [0.2, 0.25) is 0 Å². The summed E-state index contributed by atoms with van der Waals surface area (Å²) < 4.78 is 21.2. The zero-order chi connectivity index (χ0) is 21.6. The van der Waals surface area contributed by atoms with Crippen molar-refractivity contribution >= 4 is 24.0 Å². The van der Waals surface area contributed by atoms with Crippen molar-refractivity contribution in [1.29, 1.82) is 0 Å². The standard InChI is InChI=1S/C23H22N2O6/c1-15(25-23(27)9-5-17-3-7-19-21(11-17)31-14-29-19)12-24-22(26)8-4-16-2-6-18-20(10-16)30-13-28-18/h2-11,15H,12-14H2,1H3,(H,24,26)(H,25,27)/b8-4+,9-5-. The molecule has 1 unspecified atom stereocenters. The van der Waals surface area contributed by atoms with Gasteiger partial charge in [0.2, 0.25) is 25.4 Å². The van der Waals surface area contributed by atoms with Gasteiger partial charge in [0, 0.05) is 24.7 Å². The molecule has 0 aliphatic carbocycles. The molecule has 0 saturated carbocycles. The molecular formula is C23H22N2O6. The van der Waals surface area contributed by atoms with Gasteiger partial charge in [-0.3, -0.25) is 9.59 Å². The molecule has 0 fully saturated rings. The summed E-state index contributed by atoms with van der Waals surface area (Å²) in [6, 6.07) is 10.7. The number of nitrogens with one attached hydrogen (secondary N) is 2. The fourth-order valence-electron chi connectivity index (χ4n) is 3.03. The van der Waals surface area contributed by atoms with Gasteiger partial charge in [-0.1, -0.05) is 12.1 Å². The van der Waals surface area contributed by atoms with Crippen molar-refractivity contribution in [2.24, 2.45) is 0 Å². The van der Waals surface area contributed by atoms with Crippen molar-refractivity contribution in [3.8, 4) is 23.0 Å². The average Bonchev–Trinajstić information content (AvgIpc) is 3.43. The Morgan fingerprint density at radius 3 is 1.94 bits per heavy atom. The number of amides is 2. The molecule has 2 aromatic carbocycles. The third kappa shape index (κ3) is 5.36. The van der Waals surface area contributed by atoms with Gasteiger partial charge in [0.1, 0.15) is 0 Å². The molecule has 0 bridgehead atoms. The number of carbonyl (C=O) groups is 2. The lowest BCUT2D eigenvalue weighted by Crippen LogP contribution is -2.40. The highest BCUT2D eigenvalue weighted by molar-refractivity contribution is 5.93. The van der Waals surface area contributed by atoms with E-state index in [9.17, 15) is 9.59 Å². The maximum Gasteiger partial charge on any atom is 0.244 e. The number of ether oxygens (including phenoxy) is 4. The van der Waals surface area contributed by atoms with E-state index in [1.165, 1.54) is 12.2 Å². The van der Waals surface area contributed by atoms with Crippen LogP contribution in [-0.4, -0.2) is 38.0 Å². The third-order valence-electron chi connectivity index (χ3n) is 4.62. The number of hydrogen-bond acceptors (Lipinski definition) is 6. The molecule has 160 valence electrons. The lowest BCUT2D eigenvalue weighted by molar-refractivity contribution is -0.118. The van der Waals surface area contributed by atoms with E-state index in [1.807, 2.05) is 25.1 Å². The summed E-state index contributed by atoms with van der Waals surface area (Å²) in [5, 5.41) is 5.57. The molecular weight excluding hydrogens is 400 g/mol. The molecule has 2 N–H and O–H groups in total. The van der Waals surface area contributed by atoms with Gasteiger partial charge < -0.3 is 29.6 Å². The van der Waals surface area contributed by atoms with Gasteiger partial charge in [0.05, 0.1) is 0 Å². The largest absolute Gasteiger partial charge is 0.454 e. The number of fused-ring (bicyclic) bond motifs is 2. The maximum atomic E-state index is 12.1. The number of benzene rings is 2. The van der Waals surface area contributed by atoms with Crippen LogP contribution in [0.3, 0.4) is 0 Å². The van der Waals surface area contributed by atoms with Crippen LogP contribution in [0, 0.1) is 0 Å². The van der Waals surface area contributed by atoms with Crippen molar-refractivity contribution in [3.63, 3.8) is 0 Å². The SMILES string of the molecule is CC(CNC(=O)/C=C/c1ccc2c(c1)OCO2)NC(=O)/C=C\c1ccc2c(c1)OCO2. The summed E-state index contributed by atoms with van der Waals surface area (Å²) in [6.07, 6.45) is 6.26. The molecule has 8 nitrogen and oxygen atoms in total. The van der Waals surface area contributed by atoms with Gasteiger partial charge in [0.25, 0.3) is 0 Å². The fraction of sp³-hybridized carbons (Fsp3) is 0.217. The smallest absolute Gasteiger partial charge is 0.244 e. The summed E-state index contributed by atoms with van der Waals surface area (Å²) in [6.45, 7) is 2.53. The van der Waals surface area contributed by atoms with Crippen LogP contribution >= 0.6 is 0 Å². The van der Waals surface area contributed by atoms with Crippen LogP contribution < -0.4 is 29.6 Å². The molecule has 2 aliphatic heterocycles. The third-order valence-corrected chi connectivity index (χ3v) is 4.62. The van der Waals surface area contributed by atoms with E-state index >= 15 is 0 Å². The Kier molecular flexibility index (Phi) is 6.07. The summed E-state index contributed by atoms with van der Waals surface area (Å²) in [7, 11) is 0. The van der Waals surface area contributed by atoms with Crippen molar-refractivity contribution in [3.05, 3.63) is 59.7 Å². The van der Waals surface area contributed by atoms with Crippen molar-refractivity contribution < 1.29 is 28.5 Å². The van der Waals surface area contributed by atoms with E-state index < -0.39 is 0 Å². The molecule has 2 aromatic rings. The summed E-state index contributed by atoms with van der Waals surface area (Å²) in [5.74, 6) is 2.20. The number of hydrogen-bond donors (Lipinski definition) is 2. The number of carbonyl (C=O) groups excluding carboxylic acids is 2. The zero-order valence-corrected chi connectivity index (χ0v) is 16.9. The highest BCUT2D eigenvalue weighted by atomic mass is 16.7. The molecule has 4 rings (SSSR count). The van der Waals surface area contributed by atoms with Crippen molar-refractivity contribution in [2.75, 3.05) is 20.1 Å². The second kappa shape index (κ2) is 9.25. The molecule has 2 amide bonds. The van der Waals surface area contributed by atoms with Crippen LogP contribution in [-0.2, 0) is 9.59 Å². The Bertz CT molecular complexity index is 1050. The Balaban J connectivity index is 1.20. The first-order valence-corrected chi connectivity index (χ1v) is 9.80. The van der Waals surface area contributed by atoms with Crippen LogP contribution in [0.15, 0.2) is 48.6 Å². The van der Waals surface area contributed by atoms with Gasteiger partial charge in [-0.2, -0.15) is 0 Å². The van der Waals surface area contributed by atoms with E-state index in [0.29, 0.717) is 29.5 Å². The van der Waals surface area contributed by atoms with Crippen LogP contribution in [0.5, 0.6) is 23.0 Å². The zero-order valence-electron chi connectivity index (χ0n) is 16.9. The molecule has 31 heavy (non-hydrogen) atoms. The maximum absolute atomic E-state index is 12.1. The minimum absolute atomic E-state index is 0.206. The van der Waals surface area contributed by atoms with Crippen molar-refractivity contribution in [2.45, 2.75) is 13.0 Å². The average molecular weight is 422 g/mol. The second-order valence-electron chi connectivity index (χ2n) is 7.05. The van der Waals surface area contributed by atoms with E-state index in [1.54, 1.807) is 30.4 Å². The van der Waals surface area contributed by atoms with Gasteiger partial charge in [0.15, 0.2) is 23.0 Å². The van der Waals surface area contributed by atoms with Crippen LogP contribution in [0.4, 0.5) is 0 Å². The first kappa shape index (κ1) is 20.3. The molecule has 0 saturated heterocycles. The van der Waals surface area contributed by atoms with Gasteiger partial charge in [-0.15, -0.1) is 0 Å². The molecule has 8 heteroatoms. The van der Waals surface area contributed by atoms with Gasteiger partial charge in [-0.25, -0.2) is 0 Å². The molecule has 2 heterocycles. The number of rotatable bonds is 7. The monoisotopic (exact) mass is 422 g/mol. The molecule has 0 aromatic heterocycles.